The molecule has 0 saturated heterocycles. The van der Waals surface area contributed by atoms with E-state index in [1.165, 1.54) is 4.68 Å². The topological polar surface area (TPSA) is 58.3 Å². The van der Waals surface area contributed by atoms with Crippen molar-refractivity contribution >= 4 is 24.2 Å². The van der Waals surface area contributed by atoms with Crippen LogP contribution >= 0.6 is 11.6 Å². The largest absolute Gasteiger partial charge is 0.491 e. The van der Waals surface area contributed by atoms with E-state index in [2.05, 4.69) is 5.10 Å². The van der Waals surface area contributed by atoms with E-state index < -0.39 is 7.12 Å². The zero-order valence-corrected chi connectivity index (χ0v) is 9.39. The molecule has 1 aromatic heterocycles. The van der Waals surface area contributed by atoms with Gasteiger partial charge in [-0.1, -0.05) is 23.7 Å². The van der Waals surface area contributed by atoms with Gasteiger partial charge < -0.3 is 10.0 Å². The predicted octanol–water partition coefficient (Wildman–Crippen LogP) is 0.514. The Balaban J connectivity index is 2.50. The molecule has 0 radical (unpaired) electrons. The molecule has 0 atom stereocenters. The maximum Gasteiger partial charge on any atom is 0.491 e. The highest BCUT2D eigenvalue weighted by Gasteiger charge is 2.18. The number of benzene rings is 1. The van der Waals surface area contributed by atoms with Crippen LogP contribution in [0, 0.1) is 6.92 Å². The summed E-state index contributed by atoms with van der Waals surface area (Å²) in [5.74, 6) is 0. The predicted molar refractivity (Wildman–Crippen MR) is 63.1 cm³/mol. The first-order valence-corrected chi connectivity index (χ1v) is 5.14. The van der Waals surface area contributed by atoms with Crippen LogP contribution in [0.5, 0.6) is 0 Å². The van der Waals surface area contributed by atoms with Crippen molar-refractivity contribution < 1.29 is 10.0 Å². The highest BCUT2D eigenvalue weighted by Crippen LogP contribution is 2.18. The third-order valence-electron chi connectivity index (χ3n) is 2.31. The fraction of sp³-hybridized carbons (Fsp3) is 0.100. The van der Waals surface area contributed by atoms with Crippen LogP contribution in [0.1, 0.15) is 5.69 Å². The molecule has 2 rings (SSSR count). The van der Waals surface area contributed by atoms with Crippen LogP contribution < -0.4 is 5.46 Å². The molecular formula is C10H10BClN2O2. The van der Waals surface area contributed by atoms with E-state index >= 15 is 0 Å². The fourth-order valence-corrected chi connectivity index (χ4v) is 1.71. The molecule has 2 N–H and O–H groups in total. The van der Waals surface area contributed by atoms with Crippen molar-refractivity contribution in [3.8, 4) is 5.69 Å². The van der Waals surface area contributed by atoms with Gasteiger partial charge in [0.1, 0.15) is 0 Å². The SMILES string of the molecule is Cc1nn(-c2ccccc2Cl)cc1B(O)O. The highest BCUT2D eigenvalue weighted by atomic mass is 35.5. The molecule has 0 spiro atoms. The van der Waals surface area contributed by atoms with Crippen molar-refractivity contribution in [1.82, 2.24) is 9.78 Å². The molecule has 82 valence electrons. The number of halogens is 1. The average molecular weight is 236 g/mol. The highest BCUT2D eigenvalue weighted by molar-refractivity contribution is 6.59. The Morgan fingerprint density at radius 1 is 1.31 bits per heavy atom. The third-order valence-corrected chi connectivity index (χ3v) is 2.63. The molecule has 1 heterocycles. The van der Waals surface area contributed by atoms with Crippen molar-refractivity contribution in [3.63, 3.8) is 0 Å². The molecule has 0 aliphatic heterocycles. The number of aryl methyl sites for hydroxylation is 1. The zero-order valence-electron chi connectivity index (χ0n) is 8.63. The normalized spacial score (nSPS) is 10.5. The Bertz CT molecular complexity index is 513. The Labute approximate surface area is 98.2 Å². The van der Waals surface area contributed by atoms with Gasteiger partial charge in [0.15, 0.2) is 0 Å². The molecule has 0 saturated carbocycles. The second-order valence-electron chi connectivity index (χ2n) is 3.44. The molecule has 0 unspecified atom stereocenters. The van der Waals surface area contributed by atoms with Gasteiger partial charge in [0.2, 0.25) is 0 Å². The number of rotatable bonds is 2. The van der Waals surface area contributed by atoms with Crippen LogP contribution in [0.15, 0.2) is 30.5 Å². The van der Waals surface area contributed by atoms with Crippen LogP contribution in [0.3, 0.4) is 0 Å². The number of aromatic nitrogens is 2. The summed E-state index contributed by atoms with van der Waals surface area (Å²) in [6.45, 7) is 1.71. The first-order chi connectivity index (χ1) is 7.59. The van der Waals surface area contributed by atoms with Gasteiger partial charge in [-0.25, -0.2) is 4.68 Å². The van der Waals surface area contributed by atoms with Gasteiger partial charge in [-0.15, -0.1) is 0 Å². The van der Waals surface area contributed by atoms with Crippen LogP contribution in [0.25, 0.3) is 5.69 Å². The van der Waals surface area contributed by atoms with Gasteiger partial charge in [0.25, 0.3) is 0 Å². The molecule has 0 amide bonds. The Hall–Kier alpha value is -1.30. The first kappa shape index (κ1) is 11.2. The molecule has 16 heavy (non-hydrogen) atoms. The molecule has 4 nitrogen and oxygen atoms in total. The molecule has 0 fully saturated rings. The number of hydrogen-bond acceptors (Lipinski definition) is 3. The molecule has 0 bridgehead atoms. The van der Waals surface area contributed by atoms with E-state index in [9.17, 15) is 0 Å². The van der Waals surface area contributed by atoms with Crippen LogP contribution in [-0.2, 0) is 0 Å². The molecule has 0 aliphatic carbocycles. The summed E-state index contributed by atoms with van der Waals surface area (Å²) < 4.78 is 1.53. The zero-order chi connectivity index (χ0) is 11.7. The lowest BCUT2D eigenvalue weighted by atomic mass is 9.81. The van der Waals surface area contributed by atoms with Crippen molar-refractivity contribution in [2.24, 2.45) is 0 Å². The second kappa shape index (κ2) is 4.29. The van der Waals surface area contributed by atoms with E-state index in [0.717, 1.165) is 0 Å². The lowest BCUT2D eigenvalue weighted by Gasteiger charge is -2.02. The smallest absolute Gasteiger partial charge is 0.423 e. The average Bonchev–Trinajstić information content (AvgIpc) is 2.61. The Morgan fingerprint density at radius 2 is 2.00 bits per heavy atom. The second-order valence-corrected chi connectivity index (χ2v) is 3.85. The summed E-state index contributed by atoms with van der Waals surface area (Å²) in [5.41, 5.74) is 1.65. The third kappa shape index (κ3) is 1.97. The summed E-state index contributed by atoms with van der Waals surface area (Å²) in [6, 6.07) is 7.22. The number of para-hydroxylation sites is 1. The van der Waals surface area contributed by atoms with Gasteiger partial charge in [-0.2, -0.15) is 5.10 Å². The lowest BCUT2D eigenvalue weighted by Crippen LogP contribution is -2.30. The van der Waals surface area contributed by atoms with Gasteiger partial charge in [-0.05, 0) is 19.1 Å². The molecule has 2 aromatic rings. The van der Waals surface area contributed by atoms with E-state index in [0.29, 0.717) is 21.9 Å². The monoisotopic (exact) mass is 236 g/mol. The van der Waals surface area contributed by atoms with E-state index in [-0.39, 0.29) is 0 Å². The van der Waals surface area contributed by atoms with Crippen molar-refractivity contribution in [2.75, 3.05) is 0 Å². The maximum absolute atomic E-state index is 9.10. The molecule has 0 aliphatic rings. The summed E-state index contributed by atoms with van der Waals surface area (Å²) in [5, 5.41) is 22.9. The first-order valence-electron chi connectivity index (χ1n) is 4.77. The Morgan fingerprint density at radius 3 is 2.56 bits per heavy atom. The summed E-state index contributed by atoms with van der Waals surface area (Å²) in [7, 11) is -1.52. The van der Waals surface area contributed by atoms with Crippen LogP contribution in [0.2, 0.25) is 5.02 Å². The minimum absolute atomic E-state index is 0.375. The fourth-order valence-electron chi connectivity index (χ4n) is 1.49. The van der Waals surface area contributed by atoms with Crippen LogP contribution in [-0.4, -0.2) is 26.9 Å². The number of nitrogens with zero attached hydrogens (tertiary/aromatic N) is 2. The quantitative estimate of drug-likeness (QED) is 0.747. The molecule has 1 aromatic carbocycles. The summed E-state index contributed by atoms with van der Waals surface area (Å²) in [4.78, 5) is 0. The van der Waals surface area contributed by atoms with Gasteiger partial charge in [-0.3, -0.25) is 0 Å². The minimum atomic E-state index is -1.52. The molecular weight excluding hydrogens is 226 g/mol. The maximum atomic E-state index is 9.10. The molecule has 6 heteroatoms. The standard InChI is InChI=1S/C10H10BClN2O2/c1-7-8(11(15)16)6-14(13-7)10-5-3-2-4-9(10)12/h2-6,15-16H,1H3. The van der Waals surface area contributed by atoms with Crippen LogP contribution in [0.4, 0.5) is 0 Å². The minimum Gasteiger partial charge on any atom is -0.423 e. The van der Waals surface area contributed by atoms with Gasteiger partial charge in [0, 0.05) is 11.7 Å². The lowest BCUT2D eigenvalue weighted by molar-refractivity contribution is 0.425. The van der Waals surface area contributed by atoms with E-state index in [1.807, 2.05) is 18.2 Å². The number of hydrogen-bond donors (Lipinski definition) is 2. The van der Waals surface area contributed by atoms with E-state index in [4.69, 9.17) is 21.6 Å². The van der Waals surface area contributed by atoms with Gasteiger partial charge >= 0.3 is 7.12 Å². The van der Waals surface area contributed by atoms with Gasteiger partial charge in [0.05, 0.1) is 16.4 Å². The summed E-state index contributed by atoms with van der Waals surface area (Å²) >= 11 is 6.01. The van der Waals surface area contributed by atoms with E-state index in [1.54, 1.807) is 19.2 Å². The van der Waals surface area contributed by atoms with Crippen molar-refractivity contribution in [1.29, 1.82) is 0 Å². The van der Waals surface area contributed by atoms with Crippen molar-refractivity contribution in [2.45, 2.75) is 6.92 Å². The summed E-state index contributed by atoms with van der Waals surface area (Å²) in [6.07, 6.45) is 1.56. The Kier molecular flexibility index (Phi) is 3.00. The van der Waals surface area contributed by atoms with Crippen molar-refractivity contribution in [3.05, 3.63) is 41.2 Å².